The van der Waals surface area contributed by atoms with Gasteiger partial charge in [0.15, 0.2) is 6.73 Å². The average molecular weight is 605 g/mol. The molecule has 1 fully saturated rings. The van der Waals surface area contributed by atoms with E-state index in [1.807, 2.05) is 36.4 Å². The summed E-state index contributed by atoms with van der Waals surface area (Å²) in [7, 11) is 0. The van der Waals surface area contributed by atoms with E-state index in [4.69, 9.17) is 44.1 Å². The second-order valence-electron chi connectivity index (χ2n) is 10.3. The molecular weight excluding hydrogens is 565 g/mol. The molecule has 1 saturated heterocycles. The van der Waals surface area contributed by atoms with Crippen molar-refractivity contribution in [1.29, 1.82) is 0 Å². The number of esters is 1. The maximum Gasteiger partial charge on any atom is 0.324 e. The van der Waals surface area contributed by atoms with Crippen LogP contribution in [0.3, 0.4) is 0 Å². The van der Waals surface area contributed by atoms with Crippen LogP contribution in [-0.4, -0.2) is 67.4 Å². The highest BCUT2D eigenvalue weighted by molar-refractivity contribution is 6.43. The summed E-state index contributed by atoms with van der Waals surface area (Å²) < 4.78 is 12.8. The molecule has 0 radical (unpaired) electrons. The van der Waals surface area contributed by atoms with E-state index in [9.17, 15) is 9.59 Å². The number of carbonyl (C=O) groups excluding carboxylic acids is 1. The van der Waals surface area contributed by atoms with Gasteiger partial charge in [0.05, 0.1) is 27.9 Å². The molecule has 1 atom stereocenters. The summed E-state index contributed by atoms with van der Waals surface area (Å²) in [5.41, 5.74) is 12.8. The molecule has 11 heteroatoms. The second-order valence-corrected chi connectivity index (χ2v) is 11.0. The molecule has 4 rings (SSSR count). The van der Waals surface area contributed by atoms with Crippen molar-refractivity contribution < 1.29 is 14.3 Å². The Labute approximate surface area is 250 Å². The first-order valence-corrected chi connectivity index (χ1v) is 14.9. The molecule has 9 nitrogen and oxygen atoms in total. The molecule has 0 aliphatic carbocycles. The van der Waals surface area contributed by atoms with Crippen molar-refractivity contribution >= 4 is 45.8 Å². The molecule has 0 spiro atoms. The second kappa shape index (κ2) is 15.4. The smallest absolute Gasteiger partial charge is 0.324 e. The minimum atomic E-state index is -0.739. The van der Waals surface area contributed by atoms with Crippen LogP contribution in [0.4, 0.5) is 5.69 Å². The lowest BCUT2D eigenvalue weighted by molar-refractivity contribution is -0.149. The van der Waals surface area contributed by atoms with Crippen LogP contribution in [0, 0.1) is 0 Å². The summed E-state index contributed by atoms with van der Waals surface area (Å²) >= 11 is 12.6. The lowest BCUT2D eigenvalue weighted by Gasteiger charge is -2.36. The third kappa shape index (κ3) is 8.59. The van der Waals surface area contributed by atoms with Gasteiger partial charge in [0.2, 0.25) is 0 Å². The van der Waals surface area contributed by atoms with Gasteiger partial charge < -0.3 is 25.8 Å². The van der Waals surface area contributed by atoms with Gasteiger partial charge >= 0.3 is 5.97 Å². The summed E-state index contributed by atoms with van der Waals surface area (Å²) in [6, 6.07) is 13.8. The van der Waals surface area contributed by atoms with Crippen LogP contribution in [0.2, 0.25) is 10.0 Å². The molecule has 1 aromatic heterocycles. The van der Waals surface area contributed by atoms with Gasteiger partial charge in [-0.1, -0.05) is 35.7 Å². The number of hydrogen-bond donors (Lipinski definition) is 2. The van der Waals surface area contributed by atoms with Crippen molar-refractivity contribution in [3.63, 3.8) is 0 Å². The van der Waals surface area contributed by atoms with Crippen LogP contribution in [-0.2, 0) is 16.3 Å². The molecule has 3 aromatic rings. The van der Waals surface area contributed by atoms with Crippen LogP contribution in [0.5, 0.6) is 5.75 Å². The summed E-state index contributed by atoms with van der Waals surface area (Å²) in [5, 5.41) is 2.04. The Morgan fingerprint density at radius 3 is 2.54 bits per heavy atom. The van der Waals surface area contributed by atoms with Crippen LogP contribution >= 0.6 is 23.2 Å². The van der Waals surface area contributed by atoms with E-state index < -0.39 is 12.0 Å². The third-order valence-electron chi connectivity index (χ3n) is 7.35. The lowest BCUT2D eigenvalue weighted by atomic mass is 10.1. The van der Waals surface area contributed by atoms with E-state index in [2.05, 4.69) is 9.80 Å². The Bertz CT molecular complexity index is 1360. The normalized spacial score (nSPS) is 14.8. The maximum absolute atomic E-state index is 12.6. The molecule has 1 aliphatic rings. The van der Waals surface area contributed by atoms with Gasteiger partial charge in [0.25, 0.3) is 5.56 Å². The van der Waals surface area contributed by atoms with Crippen molar-refractivity contribution in [3.05, 3.63) is 68.9 Å². The monoisotopic (exact) mass is 603 g/mol. The zero-order valence-corrected chi connectivity index (χ0v) is 24.8. The number of benzene rings is 2. The van der Waals surface area contributed by atoms with Crippen molar-refractivity contribution in [2.45, 2.75) is 44.9 Å². The fourth-order valence-electron chi connectivity index (χ4n) is 4.93. The quantitative estimate of drug-likeness (QED) is 0.207. The maximum atomic E-state index is 12.6. The van der Waals surface area contributed by atoms with E-state index in [1.54, 1.807) is 6.07 Å². The van der Waals surface area contributed by atoms with Gasteiger partial charge in [0.1, 0.15) is 11.8 Å². The molecular formula is C30H39Cl2N5O4. The van der Waals surface area contributed by atoms with Crippen molar-refractivity contribution in [2.75, 3.05) is 50.8 Å². The van der Waals surface area contributed by atoms with Crippen LogP contribution < -0.4 is 26.7 Å². The third-order valence-corrected chi connectivity index (χ3v) is 8.16. The Morgan fingerprint density at radius 1 is 0.976 bits per heavy atom. The van der Waals surface area contributed by atoms with Crippen molar-refractivity contribution in [3.8, 4) is 5.75 Å². The Balaban J connectivity index is 1.23. The first-order valence-electron chi connectivity index (χ1n) is 14.2. The van der Waals surface area contributed by atoms with Gasteiger partial charge in [-0.25, -0.2) is 0 Å². The van der Waals surface area contributed by atoms with Crippen molar-refractivity contribution in [2.24, 2.45) is 11.5 Å². The number of nitrogens with two attached hydrogens (primary N) is 2. The predicted molar refractivity (Wildman–Crippen MR) is 165 cm³/mol. The minimum absolute atomic E-state index is 0.209. The lowest BCUT2D eigenvalue weighted by Crippen LogP contribution is -2.46. The number of ether oxygens (including phenoxy) is 2. The number of aromatic nitrogens is 1. The standard InChI is InChI=1S/C30H39Cl2N5O4/c31-24-6-5-8-26(29(24)32)36-17-15-35(16-18-36)14-3-4-19-40-23-11-9-22-10-12-28(38)37(27(22)20-23)21-41-30(39)25(34)7-1-2-13-33/h5-6,8-12,20,25H,1-4,7,13-19,21,33-34H2. The van der Waals surface area contributed by atoms with E-state index >= 15 is 0 Å². The number of hydrogen-bond acceptors (Lipinski definition) is 8. The first-order chi connectivity index (χ1) is 19.9. The molecule has 0 saturated carbocycles. The highest BCUT2D eigenvalue weighted by Gasteiger charge is 2.19. The zero-order valence-electron chi connectivity index (χ0n) is 23.3. The molecule has 0 bridgehead atoms. The van der Waals surface area contributed by atoms with Crippen LogP contribution in [0.1, 0.15) is 32.1 Å². The number of anilines is 1. The number of halogens is 2. The number of piperazine rings is 1. The van der Waals surface area contributed by atoms with Gasteiger partial charge in [-0.3, -0.25) is 19.1 Å². The molecule has 41 heavy (non-hydrogen) atoms. The first kappa shape index (κ1) is 31.1. The van der Waals surface area contributed by atoms with Crippen molar-refractivity contribution in [1.82, 2.24) is 9.47 Å². The molecule has 2 aromatic carbocycles. The summed E-state index contributed by atoms with van der Waals surface area (Å²) in [5.74, 6) is 0.127. The summed E-state index contributed by atoms with van der Waals surface area (Å²) in [4.78, 5) is 29.6. The Morgan fingerprint density at radius 2 is 1.76 bits per heavy atom. The van der Waals surface area contributed by atoms with E-state index in [0.29, 0.717) is 40.9 Å². The van der Waals surface area contributed by atoms with E-state index in [1.165, 1.54) is 10.6 Å². The molecule has 4 N–H and O–H groups in total. The van der Waals surface area contributed by atoms with Crippen LogP contribution in [0.15, 0.2) is 53.3 Å². The van der Waals surface area contributed by atoms with Gasteiger partial charge in [-0.05, 0) is 74.5 Å². The number of carbonyl (C=O) groups is 1. The summed E-state index contributed by atoms with van der Waals surface area (Å²) in [6.45, 7) is 5.65. The SMILES string of the molecule is NCCCCC(N)C(=O)OCn1c(=O)ccc2ccc(OCCCCN3CCN(c4cccc(Cl)c4Cl)CC3)cc21. The van der Waals surface area contributed by atoms with E-state index in [-0.39, 0.29) is 12.3 Å². The van der Waals surface area contributed by atoms with Gasteiger partial charge in [-0.15, -0.1) is 0 Å². The fourth-order valence-corrected chi connectivity index (χ4v) is 5.34. The van der Waals surface area contributed by atoms with Gasteiger partial charge in [0, 0.05) is 38.3 Å². The highest BCUT2D eigenvalue weighted by Crippen LogP contribution is 2.32. The fraction of sp³-hybridized carbons (Fsp3) is 0.467. The molecule has 1 unspecified atom stereocenters. The highest BCUT2D eigenvalue weighted by atomic mass is 35.5. The summed E-state index contributed by atoms with van der Waals surface area (Å²) in [6.07, 6.45) is 3.95. The Kier molecular flexibility index (Phi) is 11.7. The minimum Gasteiger partial charge on any atom is -0.494 e. The van der Waals surface area contributed by atoms with Gasteiger partial charge in [-0.2, -0.15) is 0 Å². The number of fused-ring (bicyclic) bond motifs is 1. The molecule has 1 aliphatic heterocycles. The number of nitrogens with zero attached hydrogens (tertiary/aromatic N) is 3. The van der Waals surface area contributed by atoms with E-state index in [0.717, 1.165) is 69.5 Å². The topological polar surface area (TPSA) is 116 Å². The number of rotatable bonds is 14. The molecule has 222 valence electrons. The molecule has 0 amide bonds. The predicted octanol–water partition coefficient (Wildman–Crippen LogP) is 4.25. The average Bonchev–Trinajstić information content (AvgIpc) is 2.98. The van der Waals surface area contributed by atoms with Crippen LogP contribution in [0.25, 0.3) is 10.9 Å². The zero-order chi connectivity index (χ0) is 29.2. The largest absolute Gasteiger partial charge is 0.494 e. The number of pyridine rings is 1. The number of unbranched alkanes of at least 4 members (excludes halogenated alkanes) is 2. The molecule has 2 heterocycles. The Hall–Kier alpha value is -2.82.